The topological polar surface area (TPSA) is 25.6 Å². The summed E-state index contributed by atoms with van der Waals surface area (Å²) in [5.74, 6) is 1.68. The average molecular weight is 716 g/mol. The summed E-state index contributed by atoms with van der Waals surface area (Å²) in [6.45, 7) is 0. The highest BCUT2D eigenvalue weighted by atomic mass is 16.5. The molecular weight excluding hydrogens is 683 g/mol. The Bertz CT molecular complexity index is 3130. The summed E-state index contributed by atoms with van der Waals surface area (Å²) in [6, 6.07) is 71.7. The number of furan rings is 1. The largest absolute Gasteiger partial charge is 0.454 e. The van der Waals surface area contributed by atoms with Gasteiger partial charge in [-0.05, 0) is 75.2 Å². The molecule has 10 aromatic rings. The molecular formula is C53H33NO2. The summed E-state index contributed by atoms with van der Waals surface area (Å²) in [5, 5.41) is 4.42. The molecule has 262 valence electrons. The van der Waals surface area contributed by atoms with E-state index in [9.17, 15) is 0 Å². The Morgan fingerprint density at radius 3 is 1.77 bits per heavy atom. The Hall–Kier alpha value is -7.36. The molecule has 1 aliphatic carbocycles. The molecule has 2 heterocycles. The van der Waals surface area contributed by atoms with E-state index in [1.54, 1.807) is 0 Å². The van der Waals surface area contributed by atoms with Crippen LogP contribution >= 0.6 is 0 Å². The minimum Gasteiger partial charge on any atom is -0.454 e. The van der Waals surface area contributed by atoms with Gasteiger partial charge in [0.05, 0.1) is 16.8 Å². The van der Waals surface area contributed by atoms with E-state index in [1.807, 2.05) is 0 Å². The van der Waals surface area contributed by atoms with Crippen LogP contribution in [0.5, 0.6) is 11.5 Å². The van der Waals surface area contributed by atoms with Crippen molar-refractivity contribution in [1.29, 1.82) is 0 Å². The van der Waals surface area contributed by atoms with E-state index in [0.717, 1.165) is 78.0 Å². The van der Waals surface area contributed by atoms with Crippen molar-refractivity contribution in [2.45, 2.75) is 5.41 Å². The molecule has 2 aliphatic rings. The third-order valence-corrected chi connectivity index (χ3v) is 11.9. The van der Waals surface area contributed by atoms with Crippen molar-refractivity contribution in [1.82, 2.24) is 0 Å². The standard InChI is InChI=1S/C53H33NO2/c1-2-14-34(15-3-1)35-28-31-37(32-29-35)54(47-25-12-20-41-42-33-30-36-16-4-5-17-38(36)50(42)56-51(41)47)48-26-13-24-46-52(48)55-49-27-11-10-23-45(49)53(46)43-21-8-6-18-39(43)40-19-7-9-22-44(40)53/h1-33H. The normalized spacial score (nSPS) is 13.3. The van der Waals surface area contributed by atoms with Gasteiger partial charge in [0.2, 0.25) is 0 Å². The van der Waals surface area contributed by atoms with Crippen LogP contribution in [-0.4, -0.2) is 0 Å². The summed E-state index contributed by atoms with van der Waals surface area (Å²) in [6.07, 6.45) is 0. The highest BCUT2D eigenvalue weighted by molar-refractivity contribution is 6.17. The van der Waals surface area contributed by atoms with Gasteiger partial charge in [-0.25, -0.2) is 0 Å². The highest BCUT2D eigenvalue weighted by Crippen LogP contribution is 2.64. The summed E-state index contributed by atoms with van der Waals surface area (Å²) in [4.78, 5) is 2.33. The number of anilines is 3. The van der Waals surface area contributed by atoms with Crippen LogP contribution in [0.1, 0.15) is 22.3 Å². The van der Waals surface area contributed by atoms with Gasteiger partial charge >= 0.3 is 0 Å². The van der Waals surface area contributed by atoms with Crippen LogP contribution in [0.15, 0.2) is 205 Å². The maximum atomic E-state index is 7.20. The lowest BCUT2D eigenvalue weighted by atomic mass is 9.66. The fourth-order valence-corrected chi connectivity index (χ4v) is 9.57. The van der Waals surface area contributed by atoms with E-state index in [-0.39, 0.29) is 0 Å². The molecule has 0 saturated heterocycles. The first kappa shape index (κ1) is 31.0. The number of hydrogen-bond acceptors (Lipinski definition) is 3. The number of rotatable bonds is 4. The summed E-state index contributed by atoms with van der Waals surface area (Å²) in [5.41, 5.74) is 13.6. The number of hydrogen-bond donors (Lipinski definition) is 0. The molecule has 0 N–H and O–H groups in total. The van der Waals surface area contributed by atoms with Crippen molar-refractivity contribution in [3.63, 3.8) is 0 Å². The Kier molecular flexibility index (Phi) is 6.55. The number of nitrogens with zero attached hydrogens (tertiary/aromatic N) is 1. The smallest absolute Gasteiger partial charge is 0.159 e. The lowest BCUT2D eigenvalue weighted by Gasteiger charge is -2.41. The van der Waals surface area contributed by atoms with Crippen molar-refractivity contribution < 1.29 is 9.15 Å². The maximum Gasteiger partial charge on any atom is 0.159 e. The molecule has 3 nitrogen and oxygen atoms in total. The Morgan fingerprint density at radius 1 is 0.375 bits per heavy atom. The van der Waals surface area contributed by atoms with Crippen molar-refractivity contribution in [3.05, 3.63) is 222 Å². The number of fused-ring (bicyclic) bond motifs is 14. The predicted octanol–water partition coefficient (Wildman–Crippen LogP) is 14.3. The van der Waals surface area contributed by atoms with Crippen LogP contribution in [0.2, 0.25) is 0 Å². The van der Waals surface area contributed by atoms with Gasteiger partial charge in [0.25, 0.3) is 0 Å². The second-order valence-corrected chi connectivity index (χ2v) is 14.8. The number of para-hydroxylation sites is 3. The third-order valence-electron chi connectivity index (χ3n) is 11.9. The molecule has 1 spiro atoms. The van der Waals surface area contributed by atoms with E-state index >= 15 is 0 Å². The Labute approximate surface area is 324 Å². The molecule has 0 bridgehead atoms. The summed E-state index contributed by atoms with van der Waals surface area (Å²) >= 11 is 0. The van der Waals surface area contributed by atoms with Crippen LogP contribution in [0, 0.1) is 0 Å². The quantitative estimate of drug-likeness (QED) is 0.181. The van der Waals surface area contributed by atoms with E-state index < -0.39 is 5.41 Å². The SMILES string of the molecule is c1ccc(-c2ccc(N(c3cccc4c3Oc3ccccc3C43c4ccccc4-c4ccccc43)c3cccc4c3oc3c5ccccc5ccc43)cc2)cc1. The molecule has 0 radical (unpaired) electrons. The fourth-order valence-electron chi connectivity index (χ4n) is 9.57. The Balaban J connectivity index is 1.16. The van der Waals surface area contributed by atoms with Gasteiger partial charge in [0.15, 0.2) is 11.3 Å². The van der Waals surface area contributed by atoms with Crippen molar-refractivity contribution in [2.75, 3.05) is 4.90 Å². The minimum absolute atomic E-state index is 0.583. The lowest BCUT2D eigenvalue weighted by molar-refractivity contribution is 0.437. The second kappa shape index (κ2) is 11.8. The molecule has 1 aromatic heterocycles. The molecule has 0 saturated carbocycles. The van der Waals surface area contributed by atoms with Crippen LogP contribution in [0.25, 0.3) is 55.0 Å². The number of benzene rings is 9. The van der Waals surface area contributed by atoms with E-state index in [4.69, 9.17) is 9.15 Å². The monoisotopic (exact) mass is 715 g/mol. The minimum atomic E-state index is -0.583. The van der Waals surface area contributed by atoms with E-state index in [2.05, 4.69) is 205 Å². The molecule has 1 aliphatic heterocycles. The average Bonchev–Trinajstić information content (AvgIpc) is 3.80. The molecule has 3 heteroatoms. The highest BCUT2D eigenvalue weighted by Gasteiger charge is 2.51. The van der Waals surface area contributed by atoms with Gasteiger partial charge in [-0.1, -0.05) is 164 Å². The van der Waals surface area contributed by atoms with Gasteiger partial charge in [0, 0.05) is 33.0 Å². The predicted molar refractivity (Wildman–Crippen MR) is 229 cm³/mol. The third kappa shape index (κ3) is 4.22. The zero-order chi connectivity index (χ0) is 36.8. The van der Waals surface area contributed by atoms with Gasteiger partial charge < -0.3 is 14.1 Å². The van der Waals surface area contributed by atoms with Gasteiger partial charge in [-0.3, -0.25) is 0 Å². The van der Waals surface area contributed by atoms with Gasteiger partial charge in [0.1, 0.15) is 11.3 Å². The molecule has 0 fully saturated rings. The van der Waals surface area contributed by atoms with Gasteiger partial charge in [-0.2, -0.15) is 0 Å². The molecule has 0 atom stereocenters. The van der Waals surface area contributed by atoms with E-state index in [0.29, 0.717) is 0 Å². The molecule has 0 amide bonds. The Morgan fingerprint density at radius 2 is 0.964 bits per heavy atom. The van der Waals surface area contributed by atoms with Crippen molar-refractivity contribution in [2.24, 2.45) is 0 Å². The molecule has 0 unspecified atom stereocenters. The maximum absolute atomic E-state index is 7.20. The second-order valence-electron chi connectivity index (χ2n) is 14.8. The first-order chi connectivity index (χ1) is 27.8. The first-order valence-corrected chi connectivity index (χ1v) is 19.2. The molecule has 12 rings (SSSR count). The van der Waals surface area contributed by atoms with Gasteiger partial charge in [-0.15, -0.1) is 0 Å². The van der Waals surface area contributed by atoms with Crippen LogP contribution in [0.4, 0.5) is 17.1 Å². The van der Waals surface area contributed by atoms with Crippen LogP contribution < -0.4 is 9.64 Å². The van der Waals surface area contributed by atoms with Crippen LogP contribution in [-0.2, 0) is 5.41 Å². The van der Waals surface area contributed by atoms with Crippen LogP contribution in [0.3, 0.4) is 0 Å². The zero-order valence-corrected chi connectivity index (χ0v) is 30.3. The van der Waals surface area contributed by atoms with E-state index in [1.165, 1.54) is 27.8 Å². The fraction of sp³-hybridized carbons (Fsp3) is 0.0189. The zero-order valence-electron chi connectivity index (χ0n) is 30.3. The molecule has 9 aromatic carbocycles. The van der Waals surface area contributed by atoms with Crippen molar-refractivity contribution in [3.8, 4) is 33.8 Å². The summed E-state index contributed by atoms with van der Waals surface area (Å²) < 4.78 is 14.2. The van der Waals surface area contributed by atoms with Crippen molar-refractivity contribution >= 4 is 49.8 Å². The number of ether oxygens (including phenoxy) is 1. The molecule has 56 heavy (non-hydrogen) atoms. The lowest BCUT2D eigenvalue weighted by Crippen LogP contribution is -2.32. The first-order valence-electron chi connectivity index (χ1n) is 19.2. The summed E-state index contributed by atoms with van der Waals surface area (Å²) in [7, 11) is 0.